The van der Waals surface area contributed by atoms with Crippen molar-refractivity contribution < 1.29 is 9.53 Å². The number of hydrogen-bond acceptors (Lipinski definition) is 6. The van der Waals surface area contributed by atoms with Gasteiger partial charge in [0, 0.05) is 31.1 Å². The minimum absolute atomic E-state index is 0.209. The molecule has 0 bridgehead atoms. The van der Waals surface area contributed by atoms with Crippen molar-refractivity contribution in [2.24, 2.45) is 0 Å². The summed E-state index contributed by atoms with van der Waals surface area (Å²) in [6, 6.07) is 0. The number of nitrogens with zero attached hydrogens (tertiary/aromatic N) is 4. The monoisotopic (exact) mass is 360 g/mol. The zero-order valence-electron chi connectivity index (χ0n) is 14.9. The number of aryl methyl sites for hydroxylation is 3. The van der Waals surface area contributed by atoms with Gasteiger partial charge in [0.15, 0.2) is 0 Å². The molecule has 1 aliphatic carbocycles. The molecule has 4 rings (SSSR count). The first-order valence-corrected chi connectivity index (χ1v) is 9.94. The van der Waals surface area contributed by atoms with Crippen LogP contribution in [-0.2, 0) is 17.6 Å². The fraction of sp³-hybridized carbons (Fsp3) is 0.611. The van der Waals surface area contributed by atoms with Crippen LogP contribution in [0.1, 0.15) is 36.0 Å². The Morgan fingerprint density at radius 3 is 2.68 bits per heavy atom. The van der Waals surface area contributed by atoms with Gasteiger partial charge in [-0.3, -0.25) is 0 Å². The van der Waals surface area contributed by atoms with Gasteiger partial charge < -0.3 is 14.5 Å². The third kappa shape index (κ3) is 3.05. The van der Waals surface area contributed by atoms with Crippen LogP contribution in [-0.4, -0.2) is 53.7 Å². The molecule has 2 aromatic rings. The number of carbonyl (C=O) groups excluding carboxylic acids is 1. The van der Waals surface area contributed by atoms with Crippen molar-refractivity contribution in [3.63, 3.8) is 0 Å². The third-order valence-electron chi connectivity index (χ3n) is 5.01. The second kappa shape index (κ2) is 6.78. The van der Waals surface area contributed by atoms with E-state index in [0.29, 0.717) is 19.7 Å². The van der Waals surface area contributed by atoms with Crippen molar-refractivity contribution in [2.45, 2.75) is 39.5 Å². The molecule has 0 atom stereocenters. The van der Waals surface area contributed by atoms with Gasteiger partial charge in [0.25, 0.3) is 0 Å². The summed E-state index contributed by atoms with van der Waals surface area (Å²) in [5, 5.41) is 1.26. The first-order valence-electron chi connectivity index (χ1n) is 9.13. The summed E-state index contributed by atoms with van der Waals surface area (Å²) in [5.74, 6) is 1.89. The fourth-order valence-electron chi connectivity index (χ4n) is 3.79. The Balaban J connectivity index is 1.63. The molecular weight excluding hydrogens is 336 g/mol. The van der Waals surface area contributed by atoms with E-state index in [9.17, 15) is 4.79 Å². The molecule has 0 radical (unpaired) electrons. The van der Waals surface area contributed by atoms with Crippen molar-refractivity contribution in [3.05, 3.63) is 16.3 Å². The molecule has 0 unspecified atom stereocenters. The number of aromatic nitrogens is 2. The quantitative estimate of drug-likeness (QED) is 0.823. The second-order valence-corrected chi connectivity index (χ2v) is 7.74. The molecule has 2 aliphatic rings. The molecule has 0 spiro atoms. The SMILES string of the molecule is CCOC(=O)N1CCN(c2nc(C)nc3sc4c(c23)CCCC4)CC1. The molecule has 1 saturated heterocycles. The van der Waals surface area contributed by atoms with Crippen molar-refractivity contribution in [1.29, 1.82) is 0 Å². The number of anilines is 1. The highest BCUT2D eigenvalue weighted by Gasteiger charge is 2.27. The molecule has 0 aromatic carbocycles. The number of fused-ring (bicyclic) bond motifs is 3. The summed E-state index contributed by atoms with van der Waals surface area (Å²) < 4.78 is 5.12. The smallest absolute Gasteiger partial charge is 0.409 e. The van der Waals surface area contributed by atoms with Crippen molar-refractivity contribution in [1.82, 2.24) is 14.9 Å². The molecule has 1 fully saturated rings. The van der Waals surface area contributed by atoms with Gasteiger partial charge in [0.05, 0.1) is 12.0 Å². The van der Waals surface area contributed by atoms with Gasteiger partial charge in [0.1, 0.15) is 16.5 Å². The zero-order chi connectivity index (χ0) is 17.4. The van der Waals surface area contributed by atoms with E-state index >= 15 is 0 Å². The summed E-state index contributed by atoms with van der Waals surface area (Å²) in [7, 11) is 0. The highest BCUT2D eigenvalue weighted by Crippen LogP contribution is 2.39. The van der Waals surface area contributed by atoms with E-state index in [2.05, 4.69) is 4.90 Å². The van der Waals surface area contributed by atoms with Gasteiger partial charge in [-0.15, -0.1) is 11.3 Å². The van der Waals surface area contributed by atoms with E-state index in [1.54, 1.807) is 4.90 Å². The van der Waals surface area contributed by atoms with E-state index in [1.165, 1.54) is 35.1 Å². The van der Waals surface area contributed by atoms with Crippen LogP contribution in [0.3, 0.4) is 0 Å². The molecular formula is C18H24N4O2S. The number of amides is 1. The normalized spacial score (nSPS) is 17.7. The predicted molar refractivity (Wildman–Crippen MR) is 99.6 cm³/mol. The Morgan fingerprint density at radius 2 is 1.92 bits per heavy atom. The number of rotatable bonds is 2. The Kier molecular flexibility index (Phi) is 4.50. The summed E-state index contributed by atoms with van der Waals surface area (Å²) in [6.07, 6.45) is 4.63. The van der Waals surface area contributed by atoms with Crippen molar-refractivity contribution >= 4 is 33.5 Å². The van der Waals surface area contributed by atoms with E-state index in [1.807, 2.05) is 25.2 Å². The largest absolute Gasteiger partial charge is 0.450 e. The highest BCUT2D eigenvalue weighted by atomic mass is 32.1. The third-order valence-corrected chi connectivity index (χ3v) is 6.20. The van der Waals surface area contributed by atoms with Crippen LogP contribution in [0.2, 0.25) is 0 Å². The molecule has 7 heteroatoms. The van der Waals surface area contributed by atoms with E-state index < -0.39 is 0 Å². The number of carbonyl (C=O) groups is 1. The minimum atomic E-state index is -0.209. The summed E-state index contributed by atoms with van der Waals surface area (Å²) >= 11 is 1.84. The maximum absolute atomic E-state index is 11.9. The minimum Gasteiger partial charge on any atom is -0.450 e. The van der Waals surface area contributed by atoms with E-state index in [4.69, 9.17) is 14.7 Å². The Hall–Kier alpha value is -1.89. The second-order valence-electron chi connectivity index (χ2n) is 6.66. The van der Waals surface area contributed by atoms with Crippen LogP contribution in [0, 0.1) is 6.92 Å². The van der Waals surface area contributed by atoms with Gasteiger partial charge in [-0.1, -0.05) is 0 Å². The number of piperazine rings is 1. The summed E-state index contributed by atoms with van der Waals surface area (Å²) in [6.45, 7) is 7.16. The van der Waals surface area contributed by atoms with Gasteiger partial charge >= 0.3 is 6.09 Å². The molecule has 0 N–H and O–H groups in total. The topological polar surface area (TPSA) is 58.6 Å². The van der Waals surface area contributed by atoms with Gasteiger partial charge in [-0.25, -0.2) is 14.8 Å². The molecule has 2 aromatic heterocycles. The zero-order valence-corrected chi connectivity index (χ0v) is 15.7. The van der Waals surface area contributed by atoms with E-state index in [-0.39, 0.29) is 6.09 Å². The first-order chi connectivity index (χ1) is 12.2. The van der Waals surface area contributed by atoms with Crippen LogP contribution in [0.4, 0.5) is 10.6 Å². The molecule has 3 heterocycles. The lowest BCUT2D eigenvalue weighted by atomic mass is 9.97. The number of hydrogen-bond donors (Lipinski definition) is 0. The maximum Gasteiger partial charge on any atom is 0.409 e. The molecule has 25 heavy (non-hydrogen) atoms. The predicted octanol–water partition coefficient (Wildman–Crippen LogP) is 3.16. The molecule has 1 aliphatic heterocycles. The Labute approximate surface area is 151 Å². The lowest BCUT2D eigenvalue weighted by Crippen LogP contribution is -2.49. The average molecular weight is 360 g/mol. The standard InChI is InChI=1S/C18H24N4O2S/c1-3-24-18(23)22-10-8-21(9-11-22)16-15-13-6-4-5-7-14(13)25-17(15)20-12(2)19-16/h3-11H2,1-2H3. The maximum atomic E-state index is 11.9. The lowest BCUT2D eigenvalue weighted by molar-refractivity contribution is 0.105. The Morgan fingerprint density at radius 1 is 1.16 bits per heavy atom. The van der Waals surface area contributed by atoms with Crippen LogP contribution >= 0.6 is 11.3 Å². The van der Waals surface area contributed by atoms with Gasteiger partial charge in [0.2, 0.25) is 0 Å². The average Bonchev–Trinajstić information content (AvgIpc) is 2.99. The highest BCUT2D eigenvalue weighted by molar-refractivity contribution is 7.19. The summed E-state index contributed by atoms with van der Waals surface area (Å²) in [4.78, 5) is 28.1. The van der Waals surface area contributed by atoms with E-state index in [0.717, 1.165) is 36.0 Å². The number of ether oxygens (including phenoxy) is 1. The molecule has 6 nitrogen and oxygen atoms in total. The Bertz CT molecular complexity index is 796. The molecule has 0 saturated carbocycles. The molecule has 134 valence electrons. The van der Waals surface area contributed by atoms with Crippen molar-refractivity contribution in [3.8, 4) is 0 Å². The van der Waals surface area contributed by atoms with Gasteiger partial charge in [-0.2, -0.15) is 0 Å². The van der Waals surface area contributed by atoms with Crippen molar-refractivity contribution in [2.75, 3.05) is 37.7 Å². The van der Waals surface area contributed by atoms with Gasteiger partial charge in [-0.05, 0) is 45.1 Å². The first kappa shape index (κ1) is 16.6. The number of thiophene rings is 1. The fourth-order valence-corrected chi connectivity index (χ4v) is 5.09. The lowest BCUT2D eigenvalue weighted by Gasteiger charge is -2.35. The molecule has 1 amide bonds. The van der Waals surface area contributed by atoms with Crippen LogP contribution in [0.5, 0.6) is 0 Å². The van der Waals surface area contributed by atoms with Crippen LogP contribution in [0.25, 0.3) is 10.2 Å². The van der Waals surface area contributed by atoms with Crippen LogP contribution < -0.4 is 4.90 Å². The van der Waals surface area contributed by atoms with Crippen LogP contribution in [0.15, 0.2) is 0 Å². The summed E-state index contributed by atoms with van der Waals surface area (Å²) in [5.41, 5.74) is 1.47.